The Morgan fingerprint density at radius 2 is 2.31 bits per heavy atom. The van der Waals surface area contributed by atoms with E-state index in [4.69, 9.17) is 21.4 Å². The summed E-state index contributed by atoms with van der Waals surface area (Å²) >= 11 is 5.95. The molecule has 0 spiro atoms. The van der Waals surface area contributed by atoms with E-state index in [0.29, 0.717) is 23.9 Å². The van der Waals surface area contributed by atoms with E-state index in [1.165, 1.54) is 0 Å². The average molecular weight is 244 g/mol. The topological polar surface area (TPSA) is 58.6 Å². The second-order valence-electron chi connectivity index (χ2n) is 3.29. The summed E-state index contributed by atoms with van der Waals surface area (Å²) in [6, 6.07) is 5.48. The molecule has 5 heteroatoms. The van der Waals surface area contributed by atoms with E-state index in [1.807, 2.05) is 6.07 Å². The monoisotopic (exact) mass is 243 g/mol. The number of rotatable bonds is 6. The van der Waals surface area contributed by atoms with Crippen molar-refractivity contribution in [3.8, 4) is 5.75 Å². The second kappa shape index (κ2) is 6.35. The fourth-order valence-electron chi connectivity index (χ4n) is 1.25. The third-order valence-electron chi connectivity index (χ3n) is 2.06. The van der Waals surface area contributed by atoms with E-state index < -0.39 is 5.97 Å². The minimum Gasteiger partial charge on any atom is -0.495 e. The molecule has 1 rings (SSSR count). The van der Waals surface area contributed by atoms with Crippen molar-refractivity contribution in [1.29, 1.82) is 0 Å². The number of carboxylic acid groups (broad SMARTS) is 1. The zero-order valence-corrected chi connectivity index (χ0v) is 9.75. The predicted molar refractivity (Wildman–Crippen MR) is 62.0 cm³/mol. The summed E-state index contributed by atoms with van der Waals surface area (Å²) in [5.74, 6) is -0.170. The van der Waals surface area contributed by atoms with Crippen LogP contribution in [0.25, 0.3) is 0 Å². The van der Waals surface area contributed by atoms with Gasteiger partial charge in [0.2, 0.25) is 0 Å². The van der Waals surface area contributed by atoms with Gasteiger partial charge in [-0.05, 0) is 17.7 Å². The van der Waals surface area contributed by atoms with Gasteiger partial charge in [-0.2, -0.15) is 0 Å². The summed E-state index contributed by atoms with van der Waals surface area (Å²) < 4.78 is 5.03. The SMILES string of the molecule is COc1ccc(CNCCC(=O)O)cc1Cl. The molecule has 0 radical (unpaired) electrons. The number of methoxy groups -OCH3 is 1. The van der Waals surface area contributed by atoms with E-state index in [-0.39, 0.29) is 6.42 Å². The number of nitrogens with one attached hydrogen (secondary N) is 1. The number of carbonyl (C=O) groups is 1. The Morgan fingerprint density at radius 1 is 1.56 bits per heavy atom. The van der Waals surface area contributed by atoms with Gasteiger partial charge in [0.05, 0.1) is 18.6 Å². The van der Waals surface area contributed by atoms with E-state index in [0.717, 1.165) is 5.56 Å². The minimum atomic E-state index is -0.805. The molecule has 0 heterocycles. The van der Waals surface area contributed by atoms with Crippen molar-refractivity contribution >= 4 is 17.6 Å². The average Bonchev–Trinajstić information content (AvgIpc) is 2.24. The van der Waals surface area contributed by atoms with Crippen LogP contribution < -0.4 is 10.1 Å². The number of carboxylic acids is 1. The van der Waals surface area contributed by atoms with Gasteiger partial charge in [-0.25, -0.2) is 0 Å². The van der Waals surface area contributed by atoms with Gasteiger partial charge in [0.15, 0.2) is 0 Å². The van der Waals surface area contributed by atoms with Gasteiger partial charge < -0.3 is 15.2 Å². The van der Waals surface area contributed by atoms with Gasteiger partial charge in [0.1, 0.15) is 5.75 Å². The molecule has 1 aromatic carbocycles. The lowest BCUT2D eigenvalue weighted by molar-refractivity contribution is -0.136. The first kappa shape index (κ1) is 12.8. The Labute approximate surface area is 99.2 Å². The Kier molecular flexibility index (Phi) is 5.08. The molecule has 0 bridgehead atoms. The highest BCUT2D eigenvalue weighted by Crippen LogP contribution is 2.24. The zero-order valence-electron chi connectivity index (χ0n) is 9.00. The lowest BCUT2D eigenvalue weighted by atomic mass is 10.2. The van der Waals surface area contributed by atoms with Crippen molar-refractivity contribution < 1.29 is 14.6 Å². The van der Waals surface area contributed by atoms with Crippen LogP contribution in [0.4, 0.5) is 0 Å². The lowest BCUT2D eigenvalue weighted by Gasteiger charge is -2.06. The van der Waals surface area contributed by atoms with Gasteiger partial charge >= 0.3 is 5.97 Å². The fourth-order valence-corrected chi connectivity index (χ4v) is 1.53. The van der Waals surface area contributed by atoms with Gasteiger partial charge in [-0.3, -0.25) is 4.79 Å². The summed E-state index contributed by atoms with van der Waals surface area (Å²) in [5.41, 5.74) is 0.996. The Bertz CT molecular complexity index is 368. The molecule has 0 saturated carbocycles. The molecule has 0 aliphatic heterocycles. The first-order valence-electron chi connectivity index (χ1n) is 4.88. The highest BCUT2D eigenvalue weighted by Gasteiger charge is 2.02. The van der Waals surface area contributed by atoms with E-state index >= 15 is 0 Å². The smallest absolute Gasteiger partial charge is 0.304 e. The molecule has 0 fully saturated rings. The number of aliphatic carboxylic acids is 1. The standard InChI is InChI=1S/C11H14ClNO3/c1-16-10-3-2-8(6-9(10)12)7-13-5-4-11(14)15/h2-3,6,13H,4-5,7H2,1H3,(H,14,15). The van der Waals surface area contributed by atoms with E-state index in [1.54, 1.807) is 19.2 Å². The van der Waals surface area contributed by atoms with Gasteiger partial charge in [-0.1, -0.05) is 17.7 Å². The minimum absolute atomic E-state index is 0.115. The Morgan fingerprint density at radius 3 is 2.88 bits per heavy atom. The molecule has 0 saturated heterocycles. The van der Waals surface area contributed by atoms with Crippen LogP contribution in [0.1, 0.15) is 12.0 Å². The molecule has 4 nitrogen and oxygen atoms in total. The van der Waals surface area contributed by atoms with Crippen LogP contribution in [-0.2, 0) is 11.3 Å². The number of halogens is 1. The lowest BCUT2D eigenvalue weighted by Crippen LogP contribution is -2.17. The molecule has 0 aliphatic rings. The van der Waals surface area contributed by atoms with E-state index in [2.05, 4.69) is 5.32 Å². The summed E-state index contributed by atoms with van der Waals surface area (Å²) in [6.45, 7) is 1.04. The van der Waals surface area contributed by atoms with Crippen LogP contribution in [0.15, 0.2) is 18.2 Å². The van der Waals surface area contributed by atoms with Crippen molar-refractivity contribution in [2.24, 2.45) is 0 Å². The molecule has 88 valence electrons. The highest BCUT2D eigenvalue weighted by molar-refractivity contribution is 6.32. The normalized spacial score (nSPS) is 10.1. The van der Waals surface area contributed by atoms with Gasteiger partial charge in [0, 0.05) is 13.1 Å². The maximum atomic E-state index is 10.3. The van der Waals surface area contributed by atoms with E-state index in [9.17, 15) is 4.79 Å². The van der Waals surface area contributed by atoms with Crippen molar-refractivity contribution in [2.45, 2.75) is 13.0 Å². The summed E-state index contributed by atoms with van der Waals surface area (Å²) in [7, 11) is 1.56. The predicted octanol–water partition coefficient (Wildman–Crippen LogP) is 1.91. The number of hydrogen-bond donors (Lipinski definition) is 2. The van der Waals surface area contributed by atoms with Crippen LogP contribution in [0.3, 0.4) is 0 Å². The highest BCUT2D eigenvalue weighted by atomic mass is 35.5. The molecule has 0 aliphatic carbocycles. The van der Waals surface area contributed by atoms with Crippen molar-refractivity contribution in [3.63, 3.8) is 0 Å². The Balaban J connectivity index is 2.43. The number of ether oxygens (including phenoxy) is 1. The van der Waals surface area contributed by atoms with Crippen molar-refractivity contribution in [1.82, 2.24) is 5.32 Å². The molecule has 2 N–H and O–H groups in total. The van der Waals surface area contributed by atoms with Gasteiger partial charge in [-0.15, -0.1) is 0 Å². The molecular formula is C11H14ClNO3. The zero-order chi connectivity index (χ0) is 12.0. The summed E-state index contributed by atoms with van der Waals surface area (Å²) in [6.07, 6.45) is 0.115. The molecular weight excluding hydrogens is 230 g/mol. The third kappa shape index (κ3) is 4.08. The number of benzene rings is 1. The van der Waals surface area contributed by atoms with Crippen LogP contribution >= 0.6 is 11.6 Å². The fraction of sp³-hybridized carbons (Fsp3) is 0.364. The first-order valence-corrected chi connectivity index (χ1v) is 5.26. The quantitative estimate of drug-likeness (QED) is 0.750. The molecule has 0 amide bonds. The van der Waals surface area contributed by atoms with Crippen LogP contribution in [0.2, 0.25) is 5.02 Å². The van der Waals surface area contributed by atoms with Crippen LogP contribution in [0.5, 0.6) is 5.75 Å². The molecule has 0 unspecified atom stereocenters. The van der Waals surface area contributed by atoms with Crippen LogP contribution in [-0.4, -0.2) is 24.7 Å². The van der Waals surface area contributed by atoms with Crippen LogP contribution in [0, 0.1) is 0 Å². The molecule has 1 aromatic rings. The Hall–Kier alpha value is -1.26. The molecule has 0 atom stereocenters. The molecule has 0 aromatic heterocycles. The second-order valence-corrected chi connectivity index (χ2v) is 3.70. The maximum Gasteiger partial charge on any atom is 0.304 e. The number of hydrogen-bond acceptors (Lipinski definition) is 3. The largest absolute Gasteiger partial charge is 0.495 e. The first-order chi connectivity index (χ1) is 7.63. The summed E-state index contributed by atoms with van der Waals surface area (Å²) in [5, 5.41) is 12.0. The van der Waals surface area contributed by atoms with Gasteiger partial charge in [0.25, 0.3) is 0 Å². The van der Waals surface area contributed by atoms with Crippen molar-refractivity contribution in [2.75, 3.05) is 13.7 Å². The summed E-state index contributed by atoms with van der Waals surface area (Å²) in [4.78, 5) is 10.3. The third-order valence-corrected chi connectivity index (χ3v) is 2.36. The van der Waals surface area contributed by atoms with Crippen molar-refractivity contribution in [3.05, 3.63) is 28.8 Å². The maximum absolute atomic E-state index is 10.3. The molecule has 16 heavy (non-hydrogen) atoms.